The van der Waals surface area contributed by atoms with Gasteiger partial charge in [-0.05, 0) is 27.7 Å². The van der Waals surface area contributed by atoms with Gasteiger partial charge in [0.1, 0.15) is 0 Å². The standard InChI is InChI=1S/C9H19NO3/c1-7(2)13-8(12)5-10-9(3,4)6-11/h7,10-11H,5-6H2,1-4H3. The molecule has 78 valence electrons. The van der Waals surface area contributed by atoms with Crippen molar-refractivity contribution in [3.8, 4) is 0 Å². The maximum atomic E-state index is 11.0. The molecule has 0 aliphatic carbocycles. The Morgan fingerprint density at radius 2 is 2.08 bits per heavy atom. The van der Waals surface area contributed by atoms with E-state index in [0.29, 0.717) is 0 Å². The molecule has 0 atom stereocenters. The van der Waals surface area contributed by atoms with Crippen molar-refractivity contribution in [2.24, 2.45) is 0 Å². The lowest BCUT2D eigenvalue weighted by Crippen LogP contribution is -2.45. The highest BCUT2D eigenvalue weighted by Crippen LogP contribution is 1.99. The SMILES string of the molecule is CC(C)OC(=O)CNC(C)(C)CO. The third-order valence-electron chi connectivity index (χ3n) is 1.47. The van der Waals surface area contributed by atoms with E-state index in [4.69, 9.17) is 9.84 Å². The molecule has 0 aromatic heterocycles. The van der Waals surface area contributed by atoms with Crippen LogP contribution in [0.25, 0.3) is 0 Å². The number of esters is 1. The third kappa shape index (κ3) is 6.54. The number of carbonyl (C=O) groups is 1. The molecule has 4 nitrogen and oxygen atoms in total. The van der Waals surface area contributed by atoms with Crippen molar-refractivity contribution in [3.63, 3.8) is 0 Å². The van der Waals surface area contributed by atoms with E-state index in [1.807, 2.05) is 13.8 Å². The predicted octanol–water partition coefficient (Wildman–Crippen LogP) is 0.299. The molecular formula is C9H19NO3. The molecule has 0 spiro atoms. The van der Waals surface area contributed by atoms with Crippen LogP contribution in [-0.4, -0.2) is 35.9 Å². The average Bonchev–Trinajstić information content (AvgIpc) is 2.00. The number of rotatable bonds is 5. The maximum Gasteiger partial charge on any atom is 0.320 e. The molecule has 13 heavy (non-hydrogen) atoms. The van der Waals surface area contributed by atoms with Crippen LogP contribution in [0.5, 0.6) is 0 Å². The fraction of sp³-hybridized carbons (Fsp3) is 0.889. The molecule has 0 heterocycles. The Bertz CT molecular complexity index is 166. The van der Waals surface area contributed by atoms with Gasteiger partial charge in [-0.15, -0.1) is 0 Å². The largest absolute Gasteiger partial charge is 0.462 e. The van der Waals surface area contributed by atoms with E-state index >= 15 is 0 Å². The van der Waals surface area contributed by atoms with Crippen LogP contribution in [-0.2, 0) is 9.53 Å². The third-order valence-corrected chi connectivity index (χ3v) is 1.47. The Hall–Kier alpha value is -0.610. The van der Waals surface area contributed by atoms with Gasteiger partial charge >= 0.3 is 5.97 Å². The van der Waals surface area contributed by atoms with Gasteiger partial charge in [-0.25, -0.2) is 0 Å². The van der Waals surface area contributed by atoms with E-state index in [-0.39, 0.29) is 25.2 Å². The van der Waals surface area contributed by atoms with Crippen LogP contribution in [0.1, 0.15) is 27.7 Å². The van der Waals surface area contributed by atoms with E-state index < -0.39 is 5.54 Å². The molecule has 0 bridgehead atoms. The summed E-state index contributed by atoms with van der Waals surface area (Å²) in [4.78, 5) is 11.0. The lowest BCUT2D eigenvalue weighted by molar-refractivity contribution is -0.146. The summed E-state index contributed by atoms with van der Waals surface area (Å²) in [6, 6.07) is 0. The first-order valence-electron chi connectivity index (χ1n) is 4.43. The first-order chi connectivity index (χ1) is 5.87. The van der Waals surface area contributed by atoms with Crippen LogP contribution < -0.4 is 5.32 Å². The lowest BCUT2D eigenvalue weighted by atomic mass is 10.1. The van der Waals surface area contributed by atoms with Crippen molar-refractivity contribution in [1.82, 2.24) is 5.32 Å². The van der Waals surface area contributed by atoms with Crippen molar-refractivity contribution in [2.45, 2.75) is 39.3 Å². The van der Waals surface area contributed by atoms with Crippen LogP contribution >= 0.6 is 0 Å². The summed E-state index contributed by atoms with van der Waals surface area (Å²) in [7, 11) is 0. The van der Waals surface area contributed by atoms with Crippen LogP contribution in [0.15, 0.2) is 0 Å². The predicted molar refractivity (Wildman–Crippen MR) is 50.4 cm³/mol. The van der Waals surface area contributed by atoms with Gasteiger partial charge in [0.05, 0.1) is 19.3 Å². The van der Waals surface area contributed by atoms with Crippen molar-refractivity contribution < 1.29 is 14.6 Å². The minimum Gasteiger partial charge on any atom is -0.462 e. The second-order valence-corrected chi connectivity index (χ2v) is 3.93. The van der Waals surface area contributed by atoms with E-state index in [9.17, 15) is 4.79 Å². The minimum absolute atomic E-state index is 0.0119. The summed E-state index contributed by atoms with van der Waals surface area (Å²) in [5.74, 6) is -0.295. The van der Waals surface area contributed by atoms with Gasteiger partial charge in [0.2, 0.25) is 0 Å². The molecule has 0 saturated carbocycles. The first kappa shape index (κ1) is 12.4. The monoisotopic (exact) mass is 189 g/mol. The molecule has 0 fully saturated rings. The number of hydrogen-bond donors (Lipinski definition) is 2. The Labute approximate surface area is 79.3 Å². The molecule has 0 radical (unpaired) electrons. The number of nitrogens with one attached hydrogen (secondary N) is 1. The molecule has 0 saturated heterocycles. The van der Waals surface area contributed by atoms with Crippen molar-refractivity contribution in [2.75, 3.05) is 13.2 Å². The first-order valence-corrected chi connectivity index (χ1v) is 4.43. The van der Waals surface area contributed by atoms with Gasteiger partial charge < -0.3 is 9.84 Å². The summed E-state index contributed by atoms with van der Waals surface area (Å²) in [6.45, 7) is 7.35. The van der Waals surface area contributed by atoms with E-state index in [1.54, 1.807) is 13.8 Å². The van der Waals surface area contributed by atoms with Crippen LogP contribution in [0.2, 0.25) is 0 Å². The maximum absolute atomic E-state index is 11.0. The molecule has 0 aromatic carbocycles. The zero-order chi connectivity index (χ0) is 10.5. The molecule has 0 unspecified atom stereocenters. The lowest BCUT2D eigenvalue weighted by Gasteiger charge is -2.23. The van der Waals surface area contributed by atoms with E-state index in [1.165, 1.54) is 0 Å². The summed E-state index contributed by atoms with van der Waals surface area (Å²) in [5, 5.41) is 11.8. The zero-order valence-corrected chi connectivity index (χ0v) is 8.76. The molecule has 0 aliphatic rings. The number of hydrogen-bond acceptors (Lipinski definition) is 4. The Balaban J connectivity index is 3.70. The molecule has 4 heteroatoms. The Kier molecular flexibility index (Phi) is 4.95. The zero-order valence-electron chi connectivity index (χ0n) is 8.76. The highest BCUT2D eigenvalue weighted by Gasteiger charge is 2.17. The molecular weight excluding hydrogens is 170 g/mol. The smallest absolute Gasteiger partial charge is 0.320 e. The molecule has 0 aromatic rings. The Morgan fingerprint density at radius 3 is 2.46 bits per heavy atom. The number of ether oxygens (including phenoxy) is 1. The average molecular weight is 189 g/mol. The number of carbonyl (C=O) groups excluding carboxylic acids is 1. The van der Waals surface area contributed by atoms with Crippen LogP contribution in [0.4, 0.5) is 0 Å². The summed E-state index contributed by atoms with van der Waals surface area (Å²) in [6.07, 6.45) is -0.0912. The molecule has 0 aliphatic heterocycles. The topological polar surface area (TPSA) is 58.6 Å². The normalized spacial score (nSPS) is 11.8. The Morgan fingerprint density at radius 1 is 1.54 bits per heavy atom. The highest BCUT2D eigenvalue weighted by atomic mass is 16.5. The van der Waals surface area contributed by atoms with E-state index in [2.05, 4.69) is 5.32 Å². The van der Waals surface area contributed by atoms with Gasteiger partial charge in [-0.2, -0.15) is 0 Å². The summed E-state index contributed by atoms with van der Waals surface area (Å²) < 4.78 is 4.91. The second-order valence-electron chi connectivity index (χ2n) is 3.93. The van der Waals surface area contributed by atoms with Gasteiger partial charge in [-0.1, -0.05) is 0 Å². The number of aliphatic hydroxyl groups is 1. The van der Waals surface area contributed by atoms with Crippen molar-refractivity contribution in [3.05, 3.63) is 0 Å². The van der Waals surface area contributed by atoms with Gasteiger partial charge in [0.15, 0.2) is 0 Å². The van der Waals surface area contributed by atoms with Gasteiger partial charge in [0, 0.05) is 5.54 Å². The summed E-state index contributed by atoms with van der Waals surface area (Å²) in [5.41, 5.74) is -0.435. The quantitative estimate of drug-likeness (QED) is 0.611. The fourth-order valence-corrected chi connectivity index (χ4v) is 0.672. The minimum atomic E-state index is -0.435. The fourth-order valence-electron chi connectivity index (χ4n) is 0.672. The second kappa shape index (κ2) is 5.19. The number of aliphatic hydroxyl groups excluding tert-OH is 1. The molecule has 2 N–H and O–H groups in total. The van der Waals surface area contributed by atoms with E-state index in [0.717, 1.165) is 0 Å². The van der Waals surface area contributed by atoms with Gasteiger partial charge in [0.25, 0.3) is 0 Å². The molecule has 0 rings (SSSR count). The van der Waals surface area contributed by atoms with Crippen molar-refractivity contribution in [1.29, 1.82) is 0 Å². The van der Waals surface area contributed by atoms with Crippen LogP contribution in [0.3, 0.4) is 0 Å². The highest BCUT2D eigenvalue weighted by molar-refractivity contribution is 5.71. The molecule has 0 amide bonds. The van der Waals surface area contributed by atoms with Crippen LogP contribution in [0, 0.1) is 0 Å². The van der Waals surface area contributed by atoms with Gasteiger partial charge in [-0.3, -0.25) is 10.1 Å². The summed E-state index contributed by atoms with van der Waals surface area (Å²) >= 11 is 0. The van der Waals surface area contributed by atoms with Crippen molar-refractivity contribution >= 4 is 5.97 Å².